The van der Waals surface area contributed by atoms with Crippen molar-refractivity contribution < 1.29 is 0 Å². The highest BCUT2D eigenvalue weighted by Gasteiger charge is 2.14. The van der Waals surface area contributed by atoms with Crippen LogP contribution in [-0.4, -0.2) is 31.6 Å². The van der Waals surface area contributed by atoms with Gasteiger partial charge in [0, 0.05) is 37.3 Å². The molecule has 0 aliphatic carbocycles. The number of aromatic nitrogens is 2. The van der Waals surface area contributed by atoms with Crippen molar-refractivity contribution in [3.05, 3.63) is 95.1 Å². The van der Waals surface area contributed by atoms with Gasteiger partial charge in [0.2, 0.25) is 0 Å². The molecule has 0 fully saturated rings. The van der Waals surface area contributed by atoms with Crippen LogP contribution in [0.4, 0.5) is 0 Å². The molecular formula is C28H30N4S. The molecule has 0 saturated heterocycles. The van der Waals surface area contributed by atoms with E-state index in [0.717, 1.165) is 61.8 Å². The summed E-state index contributed by atoms with van der Waals surface area (Å²) in [7, 11) is 0. The summed E-state index contributed by atoms with van der Waals surface area (Å²) < 4.78 is 9.26. The summed E-state index contributed by atoms with van der Waals surface area (Å²) in [5, 5.41) is 0. The number of hydrogen-bond donors (Lipinski definition) is 0. The van der Waals surface area contributed by atoms with Crippen molar-refractivity contribution in [1.29, 1.82) is 0 Å². The molecule has 0 radical (unpaired) electrons. The van der Waals surface area contributed by atoms with Gasteiger partial charge in [-0.15, -0.1) is 0 Å². The molecule has 8 rings (SSSR count). The summed E-state index contributed by atoms with van der Waals surface area (Å²) in [6.07, 6.45) is 0. The molecule has 4 aromatic rings. The summed E-state index contributed by atoms with van der Waals surface area (Å²) >= 11 is 1.28. The summed E-state index contributed by atoms with van der Waals surface area (Å²) in [6, 6.07) is 26.8. The third kappa shape index (κ3) is 5.06. The molecule has 0 amide bonds. The quantitative estimate of drug-likeness (QED) is 0.359. The smallest absolute Gasteiger partial charge is 0.112 e. The summed E-state index contributed by atoms with van der Waals surface area (Å²) in [6.45, 7) is 10.3. The van der Waals surface area contributed by atoms with Crippen molar-refractivity contribution in [3.8, 4) is 22.5 Å². The van der Waals surface area contributed by atoms with E-state index in [1.54, 1.807) is 0 Å². The molecule has 1 aromatic heterocycles. The van der Waals surface area contributed by atoms with Crippen molar-refractivity contribution in [2.24, 2.45) is 0 Å². The van der Waals surface area contributed by atoms with E-state index in [1.165, 1.54) is 34.0 Å². The first-order valence-corrected chi connectivity index (χ1v) is 12.5. The van der Waals surface area contributed by atoms with Crippen LogP contribution in [0.1, 0.15) is 36.1 Å². The van der Waals surface area contributed by atoms with Gasteiger partial charge >= 0.3 is 0 Å². The lowest BCUT2D eigenvalue weighted by atomic mass is 10.0. The van der Waals surface area contributed by atoms with E-state index in [9.17, 15) is 0 Å². The molecule has 0 atom stereocenters. The fourth-order valence-electron chi connectivity index (χ4n) is 4.45. The second-order valence-corrected chi connectivity index (χ2v) is 9.31. The van der Waals surface area contributed by atoms with Crippen LogP contribution >= 0.6 is 11.7 Å². The van der Waals surface area contributed by atoms with E-state index in [1.807, 2.05) is 0 Å². The molecule has 5 heteroatoms. The van der Waals surface area contributed by atoms with Gasteiger partial charge in [0.05, 0.1) is 11.7 Å². The average molecular weight is 455 g/mol. The summed E-state index contributed by atoms with van der Waals surface area (Å²) in [5.74, 6) is 0. The molecule has 0 spiro atoms. The molecule has 6 bridgehead atoms. The van der Waals surface area contributed by atoms with E-state index in [-0.39, 0.29) is 0 Å². The molecule has 3 aromatic carbocycles. The molecule has 0 N–H and O–H groups in total. The molecule has 4 nitrogen and oxygen atoms in total. The van der Waals surface area contributed by atoms with Crippen LogP contribution in [0, 0.1) is 0 Å². The first-order valence-electron chi connectivity index (χ1n) is 11.8. The zero-order valence-corrected chi connectivity index (χ0v) is 20.2. The van der Waals surface area contributed by atoms with E-state index in [4.69, 9.17) is 0 Å². The van der Waals surface area contributed by atoms with Crippen LogP contribution in [0.3, 0.4) is 0 Å². The second kappa shape index (κ2) is 9.96. The van der Waals surface area contributed by atoms with Crippen molar-refractivity contribution in [1.82, 2.24) is 18.5 Å². The van der Waals surface area contributed by atoms with Gasteiger partial charge < -0.3 is 0 Å². The molecule has 0 saturated carbocycles. The normalized spacial score (nSPS) is 15.1. The zero-order valence-electron chi connectivity index (χ0n) is 19.4. The fraction of sp³-hybridized carbons (Fsp3) is 0.286. The number of nitrogens with zero attached hydrogens (tertiary/aromatic N) is 4. The van der Waals surface area contributed by atoms with E-state index >= 15 is 0 Å². The third-order valence-electron chi connectivity index (χ3n) is 6.49. The summed E-state index contributed by atoms with van der Waals surface area (Å²) in [4.78, 5) is 4.97. The average Bonchev–Trinajstić information content (AvgIpc) is 3.34. The predicted octanol–water partition coefficient (Wildman–Crippen LogP) is 6.23. The highest BCUT2D eigenvalue weighted by Crippen LogP contribution is 2.31. The van der Waals surface area contributed by atoms with Gasteiger partial charge in [0.15, 0.2) is 0 Å². The monoisotopic (exact) mass is 454 g/mol. The Hall–Kier alpha value is -2.86. The Morgan fingerprint density at radius 1 is 0.545 bits per heavy atom. The van der Waals surface area contributed by atoms with Crippen LogP contribution in [-0.2, 0) is 26.2 Å². The minimum Gasteiger partial charge on any atom is -0.295 e. The van der Waals surface area contributed by atoms with Gasteiger partial charge in [-0.05, 0) is 35.3 Å². The predicted molar refractivity (Wildman–Crippen MR) is 137 cm³/mol. The Kier molecular flexibility index (Phi) is 6.63. The van der Waals surface area contributed by atoms with E-state index in [2.05, 4.69) is 105 Å². The Bertz CT molecular complexity index is 1090. The Morgan fingerprint density at radius 3 is 1.15 bits per heavy atom. The van der Waals surface area contributed by atoms with Crippen LogP contribution in [0.5, 0.6) is 0 Å². The fourth-order valence-corrected chi connectivity index (χ4v) is 5.03. The van der Waals surface area contributed by atoms with Crippen molar-refractivity contribution in [3.63, 3.8) is 0 Å². The van der Waals surface area contributed by atoms with E-state index < -0.39 is 0 Å². The van der Waals surface area contributed by atoms with Crippen molar-refractivity contribution in [2.75, 3.05) is 13.1 Å². The maximum Gasteiger partial charge on any atom is 0.112 e. The highest BCUT2D eigenvalue weighted by molar-refractivity contribution is 6.99. The van der Waals surface area contributed by atoms with Crippen LogP contribution in [0.15, 0.2) is 72.8 Å². The SMILES string of the molecule is CCN1Cc2ccc(cc2)CN(CC)Cc2ccc(cc2)-c2nsnc2-c2ccc(cc2)C1. The van der Waals surface area contributed by atoms with Gasteiger partial charge in [0.1, 0.15) is 11.4 Å². The van der Waals surface area contributed by atoms with Crippen molar-refractivity contribution >= 4 is 11.7 Å². The zero-order chi connectivity index (χ0) is 22.6. The summed E-state index contributed by atoms with van der Waals surface area (Å²) in [5.41, 5.74) is 9.55. The molecule has 4 aliphatic heterocycles. The van der Waals surface area contributed by atoms with Gasteiger partial charge in [-0.2, -0.15) is 8.75 Å². The number of rotatable bonds is 2. The minimum absolute atomic E-state index is 0.936. The standard InChI is InChI=1S/C28H30N4S/c1-3-31-17-21-5-7-22(8-6-21)18-32(4-2)20-24-11-15-26(16-12-24)28-27(29-33-30-28)25-13-9-23(19-31)10-14-25/h5-16H,3-4,17-20H2,1-2H3. The molecule has 168 valence electrons. The number of fused-ring (bicyclic) bond motifs is 3. The van der Waals surface area contributed by atoms with Gasteiger partial charge in [-0.25, -0.2) is 0 Å². The first-order chi connectivity index (χ1) is 16.2. The van der Waals surface area contributed by atoms with Crippen molar-refractivity contribution in [2.45, 2.75) is 40.0 Å². The van der Waals surface area contributed by atoms with Crippen LogP contribution in [0.2, 0.25) is 0 Å². The van der Waals surface area contributed by atoms with E-state index in [0.29, 0.717) is 0 Å². The Labute approximate surface area is 200 Å². The minimum atomic E-state index is 0.936. The molecule has 5 heterocycles. The number of benzene rings is 3. The lowest BCUT2D eigenvalue weighted by molar-refractivity contribution is 0.269. The maximum absolute atomic E-state index is 4.63. The van der Waals surface area contributed by atoms with Gasteiger partial charge in [-0.3, -0.25) is 9.80 Å². The third-order valence-corrected chi connectivity index (χ3v) is 7.01. The van der Waals surface area contributed by atoms with Crippen LogP contribution in [0.25, 0.3) is 22.5 Å². The largest absolute Gasteiger partial charge is 0.295 e. The second-order valence-electron chi connectivity index (χ2n) is 8.78. The molecule has 33 heavy (non-hydrogen) atoms. The topological polar surface area (TPSA) is 32.3 Å². The highest BCUT2D eigenvalue weighted by atomic mass is 32.1. The maximum atomic E-state index is 4.63. The Balaban J connectivity index is 1.53. The first kappa shape index (κ1) is 22.0. The lowest BCUT2D eigenvalue weighted by Gasteiger charge is -2.22. The molecular weight excluding hydrogens is 424 g/mol. The Morgan fingerprint density at radius 2 is 0.848 bits per heavy atom. The number of hydrogen-bond acceptors (Lipinski definition) is 5. The lowest BCUT2D eigenvalue weighted by Crippen LogP contribution is -2.23. The van der Waals surface area contributed by atoms with Gasteiger partial charge in [-0.1, -0.05) is 86.6 Å². The molecule has 4 aliphatic rings. The van der Waals surface area contributed by atoms with Gasteiger partial charge in [0.25, 0.3) is 0 Å². The van der Waals surface area contributed by atoms with Crippen LogP contribution < -0.4 is 0 Å². The molecule has 0 unspecified atom stereocenters.